The second-order valence-electron chi connectivity index (χ2n) is 4.32. The van der Waals surface area contributed by atoms with Crippen molar-refractivity contribution in [1.82, 2.24) is 5.32 Å². The number of carbonyl (C=O) groups is 2. The van der Waals surface area contributed by atoms with Crippen molar-refractivity contribution >= 4 is 29.1 Å². The third kappa shape index (κ3) is 4.56. The summed E-state index contributed by atoms with van der Waals surface area (Å²) in [5.74, 6) is -0.133. The van der Waals surface area contributed by atoms with Gasteiger partial charge in [-0.05, 0) is 31.5 Å². The van der Waals surface area contributed by atoms with Crippen molar-refractivity contribution in [3.8, 4) is 6.07 Å². The van der Waals surface area contributed by atoms with Gasteiger partial charge < -0.3 is 10.6 Å². The predicted octanol–water partition coefficient (Wildman–Crippen LogP) is 3.36. The number of ketones is 1. The van der Waals surface area contributed by atoms with Crippen LogP contribution < -0.4 is 10.6 Å². The van der Waals surface area contributed by atoms with Crippen LogP contribution >= 0.6 is 11.6 Å². The Kier molecular flexibility index (Phi) is 6.01. The first-order valence-corrected chi connectivity index (χ1v) is 6.60. The minimum atomic E-state index is -0.404. The van der Waals surface area contributed by atoms with Gasteiger partial charge in [0.15, 0.2) is 5.78 Å². The van der Waals surface area contributed by atoms with Crippen LogP contribution in [0.4, 0.5) is 10.5 Å². The van der Waals surface area contributed by atoms with Crippen LogP contribution in [0.3, 0.4) is 0 Å². The van der Waals surface area contributed by atoms with E-state index in [9.17, 15) is 9.59 Å². The third-order valence-corrected chi connectivity index (χ3v) is 3.08. The van der Waals surface area contributed by atoms with Gasteiger partial charge in [-0.2, -0.15) is 5.26 Å². The molecule has 0 spiro atoms. The molecule has 6 heteroatoms. The van der Waals surface area contributed by atoms with Gasteiger partial charge >= 0.3 is 6.03 Å². The molecule has 0 saturated carbocycles. The average Bonchev–Trinajstić information content (AvgIpc) is 2.37. The van der Waals surface area contributed by atoms with Crippen LogP contribution in [0.1, 0.15) is 37.0 Å². The largest absolute Gasteiger partial charge is 0.334 e. The van der Waals surface area contributed by atoms with E-state index >= 15 is 0 Å². The second-order valence-corrected chi connectivity index (χ2v) is 4.72. The lowest BCUT2D eigenvalue weighted by Crippen LogP contribution is -2.37. The maximum Gasteiger partial charge on any atom is 0.319 e. The Hall–Kier alpha value is -2.06. The Morgan fingerprint density at radius 3 is 2.65 bits per heavy atom. The summed E-state index contributed by atoms with van der Waals surface area (Å²) in [7, 11) is 0. The first-order chi connectivity index (χ1) is 9.47. The fourth-order valence-corrected chi connectivity index (χ4v) is 1.95. The zero-order valence-electron chi connectivity index (χ0n) is 11.4. The van der Waals surface area contributed by atoms with E-state index in [4.69, 9.17) is 16.9 Å². The van der Waals surface area contributed by atoms with Gasteiger partial charge in [-0.15, -0.1) is 0 Å². The molecule has 0 radical (unpaired) electrons. The summed E-state index contributed by atoms with van der Waals surface area (Å²) in [5, 5.41) is 14.2. The van der Waals surface area contributed by atoms with Gasteiger partial charge in [0.1, 0.15) is 0 Å². The summed E-state index contributed by atoms with van der Waals surface area (Å²) in [4.78, 5) is 23.0. The minimum Gasteiger partial charge on any atom is -0.334 e. The highest BCUT2D eigenvalue weighted by molar-refractivity contribution is 6.34. The number of nitriles is 1. The van der Waals surface area contributed by atoms with Crippen molar-refractivity contribution in [2.75, 3.05) is 5.32 Å². The van der Waals surface area contributed by atoms with E-state index < -0.39 is 6.03 Å². The first kappa shape index (κ1) is 16.0. The molecular weight excluding hydrogens is 278 g/mol. The van der Waals surface area contributed by atoms with Crippen molar-refractivity contribution in [3.05, 3.63) is 28.8 Å². The number of amides is 2. The lowest BCUT2D eigenvalue weighted by molar-refractivity contribution is 0.101. The molecule has 0 saturated heterocycles. The van der Waals surface area contributed by atoms with E-state index in [1.165, 1.54) is 13.0 Å². The molecule has 1 aromatic carbocycles. The van der Waals surface area contributed by atoms with Gasteiger partial charge in [0.25, 0.3) is 0 Å². The molecule has 5 nitrogen and oxygen atoms in total. The quantitative estimate of drug-likeness (QED) is 0.817. The molecule has 0 fully saturated rings. The third-order valence-electron chi connectivity index (χ3n) is 2.77. The van der Waals surface area contributed by atoms with Crippen molar-refractivity contribution < 1.29 is 9.59 Å². The summed E-state index contributed by atoms with van der Waals surface area (Å²) >= 11 is 5.95. The van der Waals surface area contributed by atoms with Crippen LogP contribution in [-0.2, 0) is 0 Å². The highest BCUT2D eigenvalue weighted by Gasteiger charge is 2.11. The summed E-state index contributed by atoms with van der Waals surface area (Å²) in [5.41, 5.74) is 0.901. The topological polar surface area (TPSA) is 82.0 Å². The average molecular weight is 294 g/mol. The number of nitrogens with one attached hydrogen (secondary N) is 2. The molecule has 106 valence electrons. The number of urea groups is 1. The lowest BCUT2D eigenvalue weighted by Gasteiger charge is -2.14. The van der Waals surface area contributed by atoms with Crippen molar-refractivity contribution in [1.29, 1.82) is 5.26 Å². The van der Waals surface area contributed by atoms with Gasteiger partial charge in [-0.3, -0.25) is 4.79 Å². The number of hydrogen-bond acceptors (Lipinski definition) is 3. The molecule has 20 heavy (non-hydrogen) atoms. The van der Waals surface area contributed by atoms with Crippen LogP contribution in [-0.4, -0.2) is 17.9 Å². The number of carbonyl (C=O) groups excluding carboxylic acids is 2. The van der Waals surface area contributed by atoms with Crippen molar-refractivity contribution in [3.63, 3.8) is 0 Å². The predicted molar refractivity (Wildman–Crippen MR) is 77.9 cm³/mol. The number of hydrogen-bond donors (Lipinski definition) is 2. The molecule has 0 aromatic heterocycles. The van der Waals surface area contributed by atoms with Crippen molar-refractivity contribution in [2.24, 2.45) is 0 Å². The summed E-state index contributed by atoms with van der Waals surface area (Å²) in [6.07, 6.45) is 0.930. The van der Waals surface area contributed by atoms with E-state index in [0.29, 0.717) is 22.7 Å². The molecule has 0 heterocycles. The van der Waals surface area contributed by atoms with E-state index in [1.54, 1.807) is 12.1 Å². The molecule has 1 rings (SSSR count). The highest BCUT2D eigenvalue weighted by Crippen LogP contribution is 2.21. The number of Topliss-reactive ketones (excluding diaryl/α,β-unsaturated/α-hetero) is 1. The van der Waals surface area contributed by atoms with E-state index in [1.807, 2.05) is 13.0 Å². The van der Waals surface area contributed by atoms with Gasteiger partial charge in [-0.25, -0.2) is 4.79 Å². The fraction of sp³-hybridized carbons (Fsp3) is 0.357. The van der Waals surface area contributed by atoms with Gasteiger partial charge in [0.05, 0.1) is 17.5 Å². The molecule has 2 amide bonds. The molecule has 0 aliphatic rings. The molecule has 0 unspecified atom stereocenters. The molecule has 0 aliphatic carbocycles. The number of halogens is 1. The molecule has 1 aromatic rings. The molecular formula is C14H16ClN3O2. The second kappa shape index (κ2) is 7.51. The van der Waals surface area contributed by atoms with Crippen LogP contribution in [0.5, 0.6) is 0 Å². The molecule has 0 aliphatic heterocycles. The van der Waals surface area contributed by atoms with Gasteiger partial charge in [0, 0.05) is 17.3 Å². The Labute approximate surface area is 122 Å². The monoisotopic (exact) mass is 293 g/mol. The standard InChI is InChI=1S/C14H16ClN3O2/c1-3-10(6-7-16)17-14(20)18-11-4-5-12(9(2)19)13(15)8-11/h4-5,8,10H,3,6H2,1-2H3,(H2,17,18,20)/t10-/m0/s1. The van der Waals surface area contributed by atoms with Gasteiger partial charge in [-0.1, -0.05) is 18.5 Å². The lowest BCUT2D eigenvalue weighted by atomic mass is 10.1. The van der Waals surface area contributed by atoms with Crippen molar-refractivity contribution in [2.45, 2.75) is 32.7 Å². The molecule has 0 bridgehead atoms. The smallest absolute Gasteiger partial charge is 0.319 e. The fourth-order valence-electron chi connectivity index (χ4n) is 1.64. The summed E-state index contributed by atoms with van der Waals surface area (Å²) in [6.45, 7) is 3.32. The normalized spacial score (nSPS) is 11.3. The van der Waals surface area contributed by atoms with E-state index in [-0.39, 0.29) is 18.2 Å². The van der Waals surface area contributed by atoms with Crippen LogP contribution in [0.2, 0.25) is 5.02 Å². The number of benzene rings is 1. The number of anilines is 1. The maximum atomic E-state index is 11.7. The minimum absolute atomic E-state index is 0.133. The Balaban J connectivity index is 2.69. The van der Waals surface area contributed by atoms with Crippen LogP contribution in [0, 0.1) is 11.3 Å². The van der Waals surface area contributed by atoms with Gasteiger partial charge in [0.2, 0.25) is 0 Å². The van der Waals surface area contributed by atoms with E-state index in [2.05, 4.69) is 10.6 Å². The number of nitrogens with zero attached hydrogens (tertiary/aromatic N) is 1. The summed E-state index contributed by atoms with van der Waals surface area (Å²) < 4.78 is 0. The highest BCUT2D eigenvalue weighted by atomic mass is 35.5. The van der Waals surface area contributed by atoms with Crippen LogP contribution in [0.15, 0.2) is 18.2 Å². The zero-order valence-corrected chi connectivity index (χ0v) is 12.1. The maximum absolute atomic E-state index is 11.7. The number of rotatable bonds is 5. The zero-order chi connectivity index (χ0) is 15.1. The Bertz CT molecular complexity index is 552. The van der Waals surface area contributed by atoms with Crippen LogP contribution in [0.25, 0.3) is 0 Å². The molecule has 1 atom stereocenters. The van der Waals surface area contributed by atoms with E-state index in [0.717, 1.165) is 0 Å². The SMILES string of the molecule is CC[C@@H](CC#N)NC(=O)Nc1ccc(C(C)=O)c(Cl)c1. The summed E-state index contributed by atoms with van der Waals surface area (Å²) in [6, 6.07) is 6.11. The first-order valence-electron chi connectivity index (χ1n) is 6.22. The Morgan fingerprint density at radius 1 is 1.45 bits per heavy atom. The molecule has 2 N–H and O–H groups in total. The Morgan fingerprint density at radius 2 is 2.15 bits per heavy atom.